The fourth-order valence-corrected chi connectivity index (χ4v) is 2.43. The predicted octanol–water partition coefficient (Wildman–Crippen LogP) is 9.97. The van der Waals surface area contributed by atoms with Gasteiger partial charge in [0.15, 0.2) is 0 Å². The van der Waals surface area contributed by atoms with E-state index in [1.54, 1.807) is 0 Å². The Morgan fingerprint density at radius 3 is 1.11 bits per heavy atom. The summed E-state index contributed by atoms with van der Waals surface area (Å²) < 4.78 is 281. The Labute approximate surface area is 255 Å². The number of rotatable bonds is 14. The molecule has 0 aliphatic rings. The van der Waals surface area contributed by atoms with Gasteiger partial charge in [-0.1, -0.05) is 24.8 Å². The van der Waals surface area contributed by atoms with Crippen LogP contribution in [0.1, 0.15) is 19.3 Å². The molecule has 0 aliphatic carbocycles. The average molecular weight is 789 g/mol. The average Bonchev–Trinajstić information content (AvgIpc) is 2.85. The van der Waals surface area contributed by atoms with E-state index in [0.717, 1.165) is 0 Å². The van der Waals surface area contributed by atoms with Gasteiger partial charge < -0.3 is 4.74 Å². The number of hydrogen-bond acceptors (Lipinski definition) is 3. The van der Waals surface area contributed by atoms with Crippen molar-refractivity contribution in [3.63, 3.8) is 0 Å². The lowest BCUT2D eigenvalue weighted by atomic mass is 9.91. The molecule has 27 heteroatoms. The Hall–Kier alpha value is -2.34. The van der Waals surface area contributed by atoms with Gasteiger partial charge in [0.25, 0.3) is 0 Å². The number of alkyl halides is 22. The van der Waals surface area contributed by atoms with Crippen molar-refractivity contribution in [1.29, 1.82) is 0 Å². The monoisotopic (exact) mass is 788 g/mol. The molecule has 0 N–H and O–H groups in total. The second-order valence-electron chi connectivity index (χ2n) is 8.52. The highest BCUT2D eigenvalue weighted by Crippen LogP contribution is 2.61. The van der Waals surface area contributed by atoms with Gasteiger partial charge in [-0.2, -0.15) is 96.6 Å². The molecule has 0 saturated carbocycles. The Morgan fingerprint density at radius 2 is 0.787 bits per heavy atom. The standard InChI is InChI=1S/C11H6ClF13O.C9H6ClF9O2/c1-4(5(12)26)2-3-6(13,14)7(15,16)8(17,18)9(19,20)10(21,22)11(23,24)25;1-4(10)5(20)21-3-2-6(11,12)7(13,14)8(15,16)9(17,18)19/h1-3H2;1-3H2. The van der Waals surface area contributed by atoms with Crippen LogP contribution < -0.4 is 0 Å². The van der Waals surface area contributed by atoms with Crippen LogP contribution in [0.5, 0.6) is 0 Å². The Bertz CT molecular complexity index is 1160. The number of halogens is 24. The number of allylic oxidation sites excluding steroid dienone is 1. The molecule has 0 aromatic heterocycles. The quantitative estimate of drug-likeness (QED) is 0.0762. The lowest BCUT2D eigenvalue weighted by Gasteiger charge is -2.39. The van der Waals surface area contributed by atoms with Crippen LogP contribution in [0, 0.1) is 0 Å². The zero-order valence-electron chi connectivity index (χ0n) is 21.5. The lowest BCUT2D eigenvalue weighted by Crippen LogP contribution is -2.70. The maximum Gasteiger partial charge on any atom is 0.460 e. The van der Waals surface area contributed by atoms with E-state index in [2.05, 4.69) is 29.5 Å². The van der Waals surface area contributed by atoms with E-state index in [0.29, 0.717) is 0 Å². The Balaban J connectivity index is 0. The second kappa shape index (κ2) is 14.3. The number of carbonyl (C=O) groups is 2. The summed E-state index contributed by atoms with van der Waals surface area (Å²) in [6, 6.07) is 0. The molecule has 0 saturated heterocycles. The van der Waals surface area contributed by atoms with Crippen LogP contribution in [-0.4, -0.2) is 77.6 Å². The largest absolute Gasteiger partial charge is 0.461 e. The van der Waals surface area contributed by atoms with Gasteiger partial charge in [0.1, 0.15) is 5.03 Å². The molecule has 0 rings (SSSR count). The smallest absolute Gasteiger partial charge is 0.460 e. The Morgan fingerprint density at radius 1 is 0.489 bits per heavy atom. The van der Waals surface area contributed by atoms with Crippen LogP contribution in [-0.2, 0) is 14.3 Å². The molecule has 0 amide bonds. The van der Waals surface area contributed by atoms with E-state index < -0.39 is 107 Å². The summed E-state index contributed by atoms with van der Waals surface area (Å²) in [6.07, 6.45) is -20.7. The summed E-state index contributed by atoms with van der Waals surface area (Å²) in [6.45, 7) is 3.87. The van der Waals surface area contributed by atoms with Gasteiger partial charge in [-0.3, -0.25) is 4.79 Å². The molecular weight excluding hydrogens is 777 g/mol. The topological polar surface area (TPSA) is 43.4 Å². The highest BCUT2D eigenvalue weighted by Gasteiger charge is 2.90. The third kappa shape index (κ3) is 9.22. The molecule has 0 spiro atoms. The molecule has 0 aliphatic heterocycles. The molecule has 0 atom stereocenters. The van der Waals surface area contributed by atoms with E-state index in [4.69, 9.17) is 11.6 Å². The first kappa shape index (κ1) is 46.8. The van der Waals surface area contributed by atoms with Crippen molar-refractivity contribution in [3.8, 4) is 0 Å². The van der Waals surface area contributed by atoms with Crippen LogP contribution in [0.25, 0.3) is 0 Å². The zero-order valence-corrected chi connectivity index (χ0v) is 23.1. The third-order valence-corrected chi connectivity index (χ3v) is 5.52. The van der Waals surface area contributed by atoms with E-state index in [9.17, 15) is 106 Å². The van der Waals surface area contributed by atoms with E-state index >= 15 is 0 Å². The molecule has 278 valence electrons. The van der Waals surface area contributed by atoms with Crippen molar-refractivity contribution >= 4 is 34.4 Å². The minimum atomic E-state index is -7.94. The minimum Gasteiger partial charge on any atom is -0.461 e. The van der Waals surface area contributed by atoms with Crippen molar-refractivity contribution in [2.45, 2.75) is 79.0 Å². The molecule has 0 fully saturated rings. The van der Waals surface area contributed by atoms with Gasteiger partial charge in [-0.05, 0) is 18.0 Å². The molecule has 0 aromatic carbocycles. The summed E-state index contributed by atoms with van der Waals surface area (Å²) in [7, 11) is 0. The molecule has 3 nitrogen and oxygen atoms in total. The molecule has 47 heavy (non-hydrogen) atoms. The molecule has 0 heterocycles. The number of hydrogen-bond donors (Lipinski definition) is 0. The van der Waals surface area contributed by atoms with Crippen LogP contribution in [0.4, 0.5) is 96.6 Å². The van der Waals surface area contributed by atoms with Gasteiger partial charge >= 0.3 is 65.7 Å². The Kier molecular flexibility index (Phi) is 14.2. The predicted molar refractivity (Wildman–Crippen MR) is 111 cm³/mol. The van der Waals surface area contributed by atoms with Gasteiger partial charge in [-0.25, -0.2) is 4.79 Å². The first-order valence-electron chi connectivity index (χ1n) is 10.7. The SMILES string of the molecule is C=C(CCC(F)(F)C(F)(F)C(F)(F)C(F)(F)C(F)(F)C(F)(F)F)C(=O)Cl.C=C(Cl)C(=O)OCCC(F)(F)C(F)(F)C(F)(F)C(F)(F)F. The second-order valence-corrected chi connectivity index (χ2v) is 9.32. The maximum absolute atomic E-state index is 13.3. The molecule has 0 bridgehead atoms. The summed E-state index contributed by atoms with van der Waals surface area (Å²) in [5, 5.41) is -2.42. The number of esters is 1. The zero-order chi connectivity index (χ0) is 38.8. The molecular formula is C20H12Cl2F22O3. The van der Waals surface area contributed by atoms with Crippen molar-refractivity contribution in [2.24, 2.45) is 0 Å². The van der Waals surface area contributed by atoms with Crippen LogP contribution in [0.3, 0.4) is 0 Å². The summed E-state index contributed by atoms with van der Waals surface area (Å²) in [4.78, 5) is 21.1. The third-order valence-electron chi connectivity index (χ3n) is 5.10. The first-order valence-corrected chi connectivity index (χ1v) is 11.5. The van der Waals surface area contributed by atoms with E-state index in [1.807, 2.05) is 0 Å². The van der Waals surface area contributed by atoms with Crippen molar-refractivity contribution in [2.75, 3.05) is 6.61 Å². The molecule has 0 aromatic rings. The van der Waals surface area contributed by atoms with Gasteiger partial charge in [-0.15, -0.1) is 0 Å². The van der Waals surface area contributed by atoms with E-state index in [-0.39, 0.29) is 0 Å². The summed E-state index contributed by atoms with van der Waals surface area (Å²) in [5.41, 5.74) is -1.06. The van der Waals surface area contributed by atoms with Crippen LogP contribution in [0.2, 0.25) is 0 Å². The van der Waals surface area contributed by atoms with Gasteiger partial charge in [0, 0.05) is 12.0 Å². The summed E-state index contributed by atoms with van der Waals surface area (Å²) >= 11 is 9.61. The number of ether oxygens (including phenoxy) is 1. The molecule has 0 unspecified atom stereocenters. The highest BCUT2D eigenvalue weighted by atomic mass is 35.5. The van der Waals surface area contributed by atoms with Gasteiger partial charge in [0.05, 0.1) is 13.0 Å². The van der Waals surface area contributed by atoms with Crippen molar-refractivity contribution in [1.82, 2.24) is 0 Å². The summed E-state index contributed by atoms with van der Waals surface area (Å²) in [5.74, 6) is -58.2. The van der Waals surface area contributed by atoms with Crippen LogP contribution in [0.15, 0.2) is 23.8 Å². The fraction of sp³-hybridized carbons (Fsp3) is 0.700. The van der Waals surface area contributed by atoms with Gasteiger partial charge in [0.2, 0.25) is 5.24 Å². The maximum atomic E-state index is 13.3. The lowest BCUT2D eigenvalue weighted by molar-refractivity contribution is -0.440. The van der Waals surface area contributed by atoms with Crippen molar-refractivity contribution < 1.29 is 111 Å². The number of carbonyl (C=O) groups excluding carboxylic acids is 2. The van der Waals surface area contributed by atoms with Crippen LogP contribution >= 0.6 is 23.2 Å². The fourth-order valence-electron chi connectivity index (χ4n) is 2.28. The first-order chi connectivity index (χ1) is 20.2. The highest BCUT2D eigenvalue weighted by molar-refractivity contribution is 6.67. The minimum absolute atomic E-state index is 0.828. The van der Waals surface area contributed by atoms with E-state index in [1.165, 1.54) is 0 Å². The molecule has 0 radical (unpaired) electrons. The van der Waals surface area contributed by atoms with Crippen molar-refractivity contribution in [3.05, 3.63) is 23.8 Å². The normalized spacial score (nSPS) is 14.6.